The number of carbonyl (C=O) groups excluding carboxylic acids is 1. The van der Waals surface area contributed by atoms with Crippen LogP contribution in [0.4, 0.5) is 18.0 Å². The Morgan fingerprint density at radius 3 is 1.97 bits per heavy atom. The topological polar surface area (TPSA) is 59.6 Å². The van der Waals surface area contributed by atoms with Gasteiger partial charge in [0.25, 0.3) is 0 Å². The summed E-state index contributed by atoms with van der Waals surface area (Å²) < 4.78 is 51.7. The molecule has 2 N–H and O–H groups in total. The quantitative estimate of drug-likeness (QED) is 0.560. The molecule has 0 saturated heterocycles. The first-order valence-corrected chi connectivity index (χ1v) is 9.58. The van der Waals surface area contributed by atoms with Crippen LogP contribution < -0.4 is 20.1 Å². The summed E-state index contributed by atoms with van der Waals surface area (Å²) in [6.45, 7) is 0. The van der Waals surface area contributed by atoms with E-state index in [1.54, 1.807) is 66.0 Å². The van der Waals surface area contributed by atoms with Gasteiger partial charge in [-0.1, -0.05) is 72.3 Å². The standard InChI is InChI=1S/C22H16ClF3N2O3/c23-16-11-12-17-18(13-16)31-22(30-17,21(24,25)26)28-20(29)27-19(14-7-3-1-4-8-14)15-9-5-2-6-10-15/h1-13,19H,(H2,27,28,29)/t22-/m0/s1. The van der Waals surface area contributed by atoms with Gasteiger partial charge in [-0.15, -0.1) is 0 Å². The SMILES string of the molecule is O=C(NC(c1ccccc1)c1ccccc1)N[C@@]1(C(F)(F)F)Oc2ccc(Cl)cc2O1. The van der Waals surface area contributed by atoms with Crippen LogP contribution in [0, 0.1) is 0 Å². The first kappa shape index (κ1) is 20.9. The second-order valence-corrected chi connectivity index (χ2v) is 7.20. The Kier molecular flexibility index (Phi) is 5.41. The normalized spacial score (nSPS) is 17.5. The van der Waals surface area contributed by atoms with Gasteiger partial charge in [0.15, 0.2) is 11.5 Å². The number of nitrogens with one attached hydrogen (secondary N) is 2. The Morgan fingerprint density at radius 1 is 0.871 bits per heavy atom. The van der Waals surface area contributed by atoms with Crippen LogP contribution in [0.15, 0.2) is 78.9 Å². The van der Waals surface area contributed by atoms with E-state index in [9.17, 15) is 18.0 Å². The fraction of sp³-hybridized carbons (Fsp3) is 0.136. The number of rotatable bonds is 4. The third-order valence-corrected chi connectivity index (χ3v) is 4.84. The Bertz CT molecular complexity index is 1040. The minimum absolute atomic E-state index is 0.165. The van der Waals surface area contributed by atoms with E-state index in [-0.39, 0.29) is 16.5 Å². The van der Waals surface area contributed by atoms with Crippen molar-refractivity contribution in [2.24, 2.45) is 0 Å². The molecule has 1 aliphatic rings. The number of hydrogen-bond acceptors (Lipinski definition) is 3. The maximum Gasteiger partial charge on any atom is 0.492 e. The largest absolute Gasteiger partial charge is 0.492 e. The average Bonchev–Trinajstić information content (AvgIpc) is 3.11. The Hall–Kier alpha value is -3.39. The van der Waals surface area contributed by atoms with Crippen molar-refractivity contribution in [1.29, 1.82) is 0 Å². The molecule has 5 nitrogen and oxygen atoms in total. The molecule has 0 radical (unpaired) electrons. The molecule has 4 rings (SSSR count). The minimum atomic E-state index is -5.08. The van der Waals surface area contributed by atoms with Crippen molar-refractivity contribution in [2.45, 2.75) is 18.1 Å². The molecule has 0 spiro atoms. The van der Waals surface area contributed by atoms with Crippen molar-refractivity contribution in [3.8, 4) is 11.5 Å². The van der Waals surface area contributed by atoms with Gasteiger partial charge in [-0.05, 0) is 23.3 Å². The van der Waals surface area contributed by atoms with Gasteiger partial charge in [-0.2, -0.15) is 13.2 Å². The molecule has 0 saturated carbocycles. The molecule has 3 aromatic rings. The van der Waals surface area contributed by atoms with Crippen LogP contribution in [0.5, 0.6) is 11.5 Å². The first-order valence-electron chi connectivity index (χ1n) is 9.20. The lowest BCUT2D eigenvalue weighted by Gasteiger charge is -2.30. The van der Waals surface area contributed by atoms with Crippen LogP contribution in [-0.4, -0.2) is 18.1 Å². The molecule has 1 atom stereocenters. The molecular weight excluding hydrogens is 433 g/mol. The summed E-state index contributed by atoms with van der Waals surface area (Å²) in [7, 11) is 0. The predicted molar refractivity (Wildman–Crippen MR) is 108 cm³/mol. The number of ether oxygens (including phenoxy) is 2. The second kappa shape index (κ2) is 8.03. The van der Waals surface area contributed by atoms with E-state index in [4.69, 9.17) is 21.1 Å². The third-order valence-electron chi connectivity index (χ3n) is 4.61. The lowest BCUT2D eigenvalue weighted by Crippen LogP contribution is -2.66. The molecule has 2 amide bonds. The first-order chi connectivity index (χ1) is 14.8. The zero-order chi connectivity index (χ0) is 22.1. The lowest BCUT2D eigenvalue weighted by molar-refractivity contribution is -0.317. The van der Waals surface area contributed by atoms with Crippen LogP contribution in [0.2, 0.25) is 5.02 Å². The Balaban J connectivity index is 1.60. The van der Waals surface area contributed by atoms with E-state index in [0.29, 0.717) is 11.1 Å². The monoisotopic (exact) mass is 448 g/mol. The summed E-state index contributed by atoms with van der Waals surface area (Å²) >= 11 is 5.82. The Labute approximate surface area is 180 Å². The zero-order valence-corrected chi connectivity index (χ0v) is 16.6. The van der Waals surface area contributed by atoms with Crippen LogP contribution in [0.25, 0.3) is 0 Å². The highest BCUT2D eigenvalue weighted by Gasteiger charge is 2.65. The number of fused-ring (bicyclic) bond motifs is 1. The molecule has 0 aliphatic carbocycles. The fourth-order valence-corrected chi connectivity index (χ4v) is 3.34. The molecule has 0 unspecified atom stereocenters. The number of amides is 2. The van der Waals surface area contributed by atoms with Gasteiger partial charge in [0.2, 0.25) is 0 Å². The van der Waals surface area contributed by atoms with Crippen molar-refractivity contribution >= 4 is 17.6 Å². The fourth-order valence-electron chi connectivity index (χ4n) is 3.18. The van der Waals surface area contributed by atoms with Crippen LogP contribution in [0.3, 0.4) is 0 Å². The maximum atomic E-state index is 13.9. The molecule has 1 heterocycles. The molecule has 3 aromatic carbocycles. The van der Waals surface area contributed by atoms with E-state index in [1.807, 2.05) is 0 Å². The minimum Gasteiger partial charge on any atom is -0.424 e. The van der Waals surface area contributed by atoms with E-state index in [2.05, 4.69) is 5.32 Å². The Morgan fingerprint density at radius 2 is 1.42 bits per heavy atom. The highest BCUT2D eigenvalue weighted by atomic mass is 35.5. The van der Waals surface area contributed by atoms with Gasteiger partial charge in [0, 0.05) is 11.1 Å². The number of hydrogen-bond donors (Lipinski definition) is 2. The summed E-state index contributed by atoms with van der Waals surface area (Å²) in [5.74, 6) is -3.81. The lowest BCUT2D eigenvalue weighted by atomic mass is 9.99. The molecule has 160 valence electrons. The van der Waals surface area contributed by atoms with Crippen LogP contribution >= 0.6 is 11.6 Å². The molecule has 1 aliphatic heterocycles. The molecule has 0 aromatic heterocycles. The summed E-state index contributed by atoms with van der Waals surface area (Å²) in [5, 5.41) is 4.55. The van der Waals surface area contributed by atoms with E-state index >= 15 is 0 Å². The predicted octanol–water partition coefficient (Wildman–Crippen LogP) is 5.42. The summed E-state index contributed by atoms with van der Waals surface area (Å²) in [4.78, 5) is 12.7. The summed E-state index contributed by atoms with van der Waals surface area (Å²) in [5.41, 5.74) is 1.38. The highest BCUT2D eigenvalue weighted by Crippen LogP contribution is 2.46. The van der Waals surface area contributed by atoms with Crippen LogP contribution in [0.1, 0.15) is 17.2 Å². The van der Waals surface area contributed by atoms with Gasteiger partial charge < -0.3 is 14.8 Å². The van der Waals surface area contributed by atoms with Gasteiger partial charge in [0.1, 0.15) is 0 Å². The van der Waals surface area contributed by atoms with Crippen molar-refractivity contribution < 1.29 is 27.4 Å². The van der Waals surface area contributed by atoms with Gasteiger partial charge >= 0.3 is 18.1 Å². The van der Waals surface area contributed by atoms with Gasteiger partial charge in [-0.25, -0.2) is 4.79 Å². The summed E-state index contributed by atoms with van der Waals surface area (Å²) in [6, 6.07) is 19.7. The number of alkyl halides is 3. The van der Waals surface area contributed by atoms with Crippen molar-refractivity contribution in [3.63, 3.8) is 0 Å². The average molecular weight is 449 g/mol. The van der Waals surface area contributed by atoms with E-state index in [1.165, 1.54) is 18.2 Å². The smallest absolute Gasteiger partial charge is 0.424 e. The molecule has 9 heteroatoms. The number of carbonyl (C=O) groups is 1. The van der Waals surface area contributed by atoms with Crippen molar-refractivity contribution in [3.05, 3.63) is 95.0 Å². The molecular formula is C22H16ClF3N2O3. The number of halogens is 4. The molecule has 0 bridgehead atoms. The van der Waals surface area contributed by atoms with Gasteiger partial charge in [0.05, 0.1) is 6.04 Å². The highest BCUT2D eigenvalue weighted by molar-refractivity contribution is 6.30. The number of urea groups is 1. The zero-order valence-electron chi connectivity index (χ0n) is 15.8. The van der Waals surface area contributed by atoms with Crippen molar-refractivity contribution in [1.82, 2.24) is 10.6 Å². The third kappa shape index (κ3) is 4.25. The number of benzene rings is 3. The molecule has 0 fully saturated rings. The maximum absolute atomic E-state index is 13.9. The second-order valence-electron chi connectivity index (χ2n) is 6.76. The summed E-state index contributed by atoms with van der Waals surface area (Å²) in [6.07, 6.45) is -5.08. The van der Waals surface area contributed by atoms with Crippen molar-refractivity contribution in [2.75, 3.05) is 0 Å². The van der Waals surface area contributed by atoms with Crippen LogP contribution in [-0.2, 0) is 0 Å². The van der Waals surface area contributed by atoms with E-state index in [0.717, 1.165) is 0 Å². The van der Waals surface area contributed by atoms with Gasteiger partial charge in [-0.3, -0.25) is 5.32 Å². The van der Waals surface area contributed by atoms with E-state index < -0.39 is 24.2 Å². The molecule has 31 heavy (non-hydrogen) atoms.